The summed E-state index contributed by atoms with van der Waals surface area (Å²) in [5.74, 6) is 6.41. The van der Waals surface area contributed by atoms with E-state index >= 15 is 0 Å². The van der Waals surface area contributed by atoms with Gasteiger partial charge in [-0.3, -0.25) is 4.79 Å². The number of hydrogen-bond donors (Lipinski definition) is 0. The normalized spacial score (nSPS) is 13.4. The van der Waals surface area contributed by atoms with Crippen LogP contribution in [0.2, 0.25) is 0 Å². The van der Waals surface area contributed by atoms with E-state index in [-0.39, 0.29) is 11.5 Å². The Kier molecular flexibility index (Phi) is 4.42. The first-order valence-electron chi connectivity index (χ1n) is 9.07. The Labute approximate surface area is 157 Å². The summed E-state index contributed by atoms with van der Waals surface area (Å²) in [5.41, 5.74) is 11.5. The molecule has 0 amide bonds. The van der Waals surface area contributed by atoms with Gasteiger partial charge in [0.05, 0.1) is 0 Å². The van der Waals surface area contributed by atoms with Gasteiger partial charge in [0.2, 0.25) is 0 Å². The molecule has 0 aromatic heterocycles. The highest BCUT2D eigenvalue weighted by atomic mass is 16.1. The van der Waals surface area contributed by atoms with Crippen molar-refractivity contribution >= 4 is 33.0 Å². The van der Waals surface area contributed by atoms with E-state index in [0.29, 0.717) is 12.0 Å². The molecular formula is C24H18N2O. The Hall–Kier alpha value is -3.47. The van der Waals surface area contributed by atoms with E-state index in [9.17, 15) is 4.79 Å². The van der Waals surface area contributed by atoms with Crippen LogP contribution in [0.5, 0.6) is 0 Å². The summed E-state index contributed by atoms with van der Waals surface area (Å²) in [5, 5.41) is 4.53. The van der Waals surface area contributed by atoms with Crippen LogP contribution in [0.3, 0.4) is 0 Å². The van der Waals surface area contributed by atoms with Gasteiger partial charge in [0.1, 0.15) is 0 Å². The lowest BCUT2D eigenvalue weighted by atomic mass is 9.96. The predicted molar refractivity (Wildman–Crippen MR) is 109 cm³/mol. The third-order valence-electron chi connectivity index (χ3n) is 5.08. The first kappa shape index (κ1) is 17.0. The lowest BCUT2D eigenvalue weighted by molar-refractivity contribution is -0.114. The molecule has 130 valence electrons. The van der Waals surface area contributed by atoms with E-state index in [4.69, 9.17) is 5.53 Å². The lowest BCUT2D eigenvalue weighted by Crippen LogP contribution is -2.13. The van der Waals surface area contributed by atoms with Crippen LogP contribution >= 0.6 is 0 Å². The van der Waals surface area contributed by atoms with Crippen LogP contribution in [0, 0.1) is 11.8 Å². The van der Waals surface area contributed by atoms with Crippen molar-refractivity contribution in [1.29, 1.82) is 0 Å². The van der Waals surface area contributed by atoms with Gasteiger partial charge >= 0.3 is 5.71 Å². The Morgan fingerprint density at radius 2 is 1.59 bits per heavy atom. The SMILES string of the molecule is CC(=[N+]=[N-])C(=O)C1=C(C#Cc2c3ccccc3cc3ccccc23)CCC1. The van der Waals surface area contributed by atoms with Gasteiger partial charge in [-0.1, -0.05) is 60.4 Å². The largest absolute Gasteiger partial charge is 0.361 e. The van der Waals surface area contributed by atoms with E-state index in [0.717, 1.165) is 45.5 Å². The van der Waals surface area contributed by atoms with E-state index in [1.165, 1.54) is 6.92 Å². The average molecular weight is 350 g/mol. The zero-order valence-electron chi connectivity index (χ0n) is 15.1. The number of ketones is 1. The molecule has 3 nitrogen and oxygen atoms in total. The second-order valence-electron chi connectivity index (χ2n) is 6.77. The van der Waals surface area contributed by atoms with Gasteiger partial charge in [0.25, 0.3) is 5.78 Å². The number of allylic oxidation sites excluding steroid dienone is 2. The zero-order chi connectivity index (χ0) is 18.8. The third kappa shape index (κ3) is 3.08. The summed E-state index contributed by atoms with van der Waals surface area (Å²) in [6, 6.07) is 18.6. The van der Waals surface area contributed by atoms with Crippen molar-refractivity contribution in [3.8, 4) is 11.8 Å². The predicted octanol–water partition coefficient (Wildman–Crippen LogP) is 5.08. The molecule has 0 saturated carbocycles. The summed E-state index contributed by atoms with van der Waals surface area (Å²) < 4.78 is 0. The molecule has 0 N–H and O–H groups in total. The van der Waals surface area contributed by atoms with Gasteiger partial charge in [-0.25, -0.2) is 0 Å². The zero-order valence-corrected chi connectivity index (χ0v) is 15.1. The summed E-state index contributed by atoms with van der Waals surface area (Å²) in [4.78, 5) is 15.5. The molecule has 1 aliphatic rings. The maximum absolute atomic E-state index is 12.4. The molecule has 0 aliphatic heterocycles. The highest BCUT2D eigenvalue weighted by molar-refractivity contribution is 6.43. The number of fused-ring (bicyclic) bond motifs is 2. The van der Waals surface area contributed by atoms with Crippen LogP contribution in [-0.4, -0.2) is 16.3 Å². The molecule has 27 heavy (non-hydrogen) atoms. The van der Waals surface area contributed by atoms with Crippen molar-refractivity contribution in [1.82, 2.24) is 0 Å². The quantitative estimate of drug-likeness (QED) is 0.209. The van der Waals surface area contributed by atoms with E-state index in [1.807, 2.05) is 24.3 Å². The van der Waals surface area contributed by atoms with Crippen LogP contribution in [0.15, 0.2) is 65.7 Å². The monoisotopic (exact) mass is 350 g/mol. The maximum Gasteiger partial charge on any atom is 0.335 e. The van der Waals surface area contributed by atoms with Crippen LogP contribution < -0.4 is 0 Å². The van der Waals surface area contributed by atoms with Gasteiger partial charge in [0, 0.05) is 23.6 Å². The Balaban J connectivity index is 1.91. The Morgan fingerprint density at radius 3 is 2.22 bits per heavy atom. The van der Waals surface area contributed by atoms with Crippen LogP contribution in [-0.2, 0) is 4.79 Å². The van der Waals surface area contributed by atoms with Crippen molar-refractivity contribution in [2.45, 2.75) is 26.2 Å². The first-order chi connectivity index (χ1) is 13.2. The number of rotatable bonds is 2. The van der Waals surface area contributed by atoms with Gasteiger partial charge in [-0.05, 0) is 46.9 Å². The topological polar surface area (TPSA) is 53.5 Å². The molecule has 0 spiro atoms. The van der Waals surface area contributed by atoms with E-state index < -0.39 is 0 Å². The number of Topliss-reactive ketones (excluding diaryl/α,β-unsaturated/α-hetero) is 1. The average Bonchev–Trinajstić information content (AvgIpc) is 3.18. The number of hydrogen-bond acceptors (Lipinski definition) is 1. The molecule has 4 rings (SSSR count). The van der Waals surface area contributed by atoms with Gasteiger partial charge in [0.15, 0.2) is 0 Å². The summed E-state index contributed by atoms with van der Waals surface area (Å²) in [6.45, 7) is 1.52. The van der Waals surface area contributed by atoms with Crippen molar-refractivity contribution in [3.05, 3.63) is 76.8 Å². The van der Waals surface area contributed by atoms with Gasteiger partial charge in [-0.15, -0.1) is 0 Å². The summed E-state index contributed by atoms with van der Waals surface area (Å²) in [6.07, 6.45) is 2.38. The molecule has 0 saturated heterocycles. The summed E-state index contributed by atoms with van der Waals surface area (Å²) >= 11 is 0. The van der Waals surface area contributed by atoms with E-state index in [2.05, 4.69) is 47.0 Å². The minimum atomic E-state index is -0.206. The first-order valence-corrected chi connectivity index (χ1v) is 9.07. The smallest absolute Gasteiger partial charge is 0.335 e. The van der Waals surface area contributed by atoms with Crippen molar-refractivity contribution in [2.24, 2.45) is 0 Å². The number of carbonyl (C=O) groups excluding carboxylic acids is 1. The molecule has 0 heterocycles. The van der Waals surface area contributed by atoms with Crippen molar-refractivity contribution in [2.75, 3.05) is 0 Å². The molecular weight excluding hydrogens is 332 g/mol. The molecule has 0 fully saturated rings. The van der Waals surface area contributed by atoms with Crippen LogP contribution in [0.25, 0.3) is 27.1 Å². The van der Waals surface area contributed by atoms with Crippen molar-refractivity contribution in [3.63, 3.8) is 0 Å². The maximum atomic E-state index is 12.4. The molecule has 1 aliphatic carbocycles. The molecule has 0 unspecified atom stereocenters. The highest BCUT2D eigenvalue weighted by Crippen LogP contribution is 2.29. The van der Waals surface area contributed by atoms with Crippen LogP contribution in [0.4, 0.5) is 0 Å². The number of benzene rings is 3. The molecule has 3 aromatic carbocycles. The molecule has 0 atom stereocenters. The minimum Gasteiger partial charge on any atom is -0.361 e. The minimum absolute atomic E-state index is 0.113. The second kappa shape index (κ2) is 7.03. The third-order valence-corrected chi connectivity index (χ3v) is 5.08. The highest BCUT2D eigenvalue weighted by Gasteiger charge is 2.25. The Bertz CT molecular complexity index is 1180. The fraction of sp³-hybridized carbons (Fsp3) is 0.167. The second-order valence-corrected chi connectivity index (χ2v) is 6.77. The number of carbonyl (C=O) groups is 1. The summed E-state index contributed by atoms with van der Waals surface area (Å²) in [7, 11) is 0. The fourth-order valence-corrected chi connectivity index (χ4v) is 3.68. The molecule has 0 bridgehead atoms. The van der Waals surface area contributed by atoms with Gasteiger partial charge in [-0.2, -0.15) is 4.79 Å². The molecule has 0 radical (unpaired) electrons. The van der Waals surface area contributed by atoms with Crippen LogP contribution in [0.1, 0.15) is 31.7 Å². The van der Waals surface area contributed by atoms with Crippen molar-refractivity contribution < 1.29 is 9.58 Å². The molecule has 3 heteroatoms. The Morgan fingerprint density at radius 1 is 0.963 bits per heavy atom. The lowest BCUT2D eigenvalue weighted by Gasteiger charge is -2.06. The number of nitrogens with zero attached hydrogens (tertiary/aromatic N) is 2. The standard InChI is InChI=1S/C24H18N2O/c1-16(26-25)24(27)22-12-6-9-17(22)13-14-23-20-10-4-2-7-18(20)15-19-8-3-5-11-21(19)23/h2-5,7-8,10-11,15H,6,9,12H2,1H3. The molecule has 3 aromatic rings. The van der Waals surface area contributed by atoms with E-state index in [1.54, 1.807) is 0 Å². The fourth-order valence-electron chi connectivity index (χ4n) is 3.68. The van der Waals surface area contributed by atoms with Gasteiger partial charge < -0.3 is 5.53 Å².